The van der Waals surface area contributed by atoms with E-state index >= 15 is 0 Å². The first-order valence-corrected chi connectivity index (χ1v) is 21.3. The third-order valence-corrected chi connectivity index (χ3v) is 13.7. The van der Waals surface area contributed by atoms with E-state index in [9.17, 15) is 40.8 Å². The smallest absolute Gasteiger partial charge is 0.438 e. The van der Waals surface area contributed by atoms with Gasteiger partial charge in [0.15, 0.2) is 0 Å². The maximum absolute atomic E-state index is 14.9. The summed E-state index contributed by atoms with van der Waals surface area (Å²) in [7, 11) is -2.82. The van der Waals surface area contributed by atoms with E-state index in [0.29, 0.717) is 38.5 Å². The molecular formula is C39H52F3N7O9S. The molecular weight excluding hydrogens is 800 g/mol. The molecule has 7 atom stereocenters. The molecule has 59 heavy (non-hydrogen) atoms. The molecule has 3 fully saturated rings. The summed E-state index contributed by atoms with van der Waals surface area (Å²) in [6.45, 7) is 9.93. The lowest BCUT2D eigenvalue weighted by Crippen LogP contribution is -2.59. The number of carbonyl (C=O) groups is 4. The van der Waals surface area contributed by atoms with Crippen molar-refractivity contribution in [2.24, 2.45) is 17.8 Å². The Morgan fingerprint density at radius 1 is 1.10 bits per heavy atom. The monoisotopic (exact) mass is 851 g/mol. The number of alkyl carbamates (subject to hydrolysis) is 1. The van der Waals surface area contributed by atoms with E-state index < -0.39 is 104 Å². The number of nitrogens with one attached hydrogen (secondary N) is 3. The summed E-state index contributed by atoms with van der Waals surface area (Å²) in [5.74, 6) is -4.45. The Morgan fingerprint density at radius 2 is 1.81 bits per heavy atom. The molecule has 0 aromatic carbocycles. The van der Waals surface area contributed by atoms with Crippen molar-refractivity contribution in [1.82, 2.24) is 35.2 Å². The minimum atomic E-state index is -5.04. The van der Waals surface area contributed by atoms with E-state index in [-0.39, 0.29) is 35.7 Å². The average Bonchev–Trinajstić information content (AvgIpc) is 4.02. The maximum Gasteiger partial charge on any atom is 0.438 e. The molecule has 0 radical (unpaired) electrons. The zero-order chi connectivity index (χ0) is 43.3. The van der Waals surface area contributed by atoms with Gasteiger partial charge in [0.25, 0.3) is 5.91 Å². The van der Waals surface area contributed by atoms with Crippen LogP contribution in [0.5, 0.6) is 11.8 Å². The number of hydrogen-bond donors (Lipinski definition) is 3. The lowest BCUT2D eigenvalue weighted by atomic mass is 9.85. The molecule has 324 valence electrons. The lowest BCUT2D eigenvalue weighted by molar-refractivity contribution is -0.143. The van der Waals surface area contributed by atoms with Gasteiger partial charge >= 0.3 is 12.3 Å². The molecule has 6 rings (SSSR count). The summed E-state index contributed by atoms with van der Waals surface area (Å²) in [6, 6.07) is -1.51. The van der Waals surface area contributed by atoms with Gasteiger partial charge in [-0.05, 0) is 78.1 Å². The summed E-state index contributed by atoms with van der Waals surface area (Å²) < 4.78 is 87.4. The van der Waals surface area contributed by atoms with Gasteiger partial charge in [0.2, 0.25) is 39.3 Å². The number of fused-ring (bicyclic) bond motifs is 3. The van der Waals surface area contributed by atoms with Gasteiger partial charge in [-0.1, -0.05) is 32.4 Å². The Hall–Kier alpha value is -4.75. The summed E-state index contributed by atoms with van der Waals surface area (Å²) in [5, 5.41) is 5.46. The molecule has 0 spiro atoms. The van der Waals surface area contributed by atoms with Crippen LogP contribution in [-0.4, -0.2) is 99.8 Å². The van der Waals surface area contributed by atoms with Gasteiger partial charge in [0, 0.05) is 18.4 Å². The van der Waals surface area contributed by atoms with E-state index in [0.717, 1.165) is 11.1 Å². The van der Waals surface area contributed by atoms with Crippen molar-refractivity contribution < 1.29 is 55.0 Å². The number of allylic oxidation sites excluding steroid dienone is 1. The SMILES string of the molecule is CC[C@@H]1C[C@H](C)CC/C=C\C2C[C@@]2(C(=O)NS(=O)(=O)C2(C)CC2)NC(=O)[C@@H]2C[C@@H](Oc3nc4cnc(OC)cc4nc3C(F)(F)F)CN2C(=O)[C@H]1NC(=O)OC(C)(C)C. The molecule has 2 aromatic heterocycles. The maximum atomic E-state index is 14.9. The Kier molecular flexibility index (Phi) is 11.9. The largest absolute Gasteiger partial charge is 0.481 e. The van der Waals surface area contributed by atoms with Gasteiger partial charge in [-0.25, -0.2) is 28.2 Å². The van der Waals surface area contributed by atoms with Gasteiger partial charge in [-0.2, -0.15) is 13.2 Å². The van der Waals surface area contributed by atoms with E-state index in [4.69, 9.17) is 14.2 Å². The van der Waals surface area contributed by atoms with Crippen molar-refractivity contribution >= 4 is 44.9 Å². The Balaban J connectivity index is 1.39. The minimum absolute atomic E-state index is 0.00638. The van der Waals surface area contributed by atoms with Gasteiger partial charge in [0.05, 0.1) is 30.1 Å². The standard InChI is InChI=1S/C39H52F3N7O9S/c1-8-22-15-21(2)11-9-10-12-23-18-38(23,34(52)48-59(54,55)37(6)13-14-37)47-31(50)27-16-24(20-49(27)33(51)29(22)46-35(53)58-36(3,4)5)57-32-30(39(40,41)42)44-25-17-28(56-7)43-19-26(25)45-32/h10,12,17,19,21-24,27,29H,8-9,11,13-16,18,20H2,1-7H3,(H,46,53)(H,47,50)(H,48,52)/b12-10-/t21-,22-,23?,24-,27+,29+,38-/m1/s1. The molecule has 2 aromatic rings. The number of sulfonamides is 1. The number of hydrogen-bond acceptors (Lipinski definition) is 12. The number of rotatable bonds is 8. The number of aromatic nitrogens is 3. The summed E-state index contributed by atoms with van der Waals surface area (Å²) in [6.07, 6.45) is 0.188. The second-order valence-corrected chi connectivity index (χ2v) is 19.6. The second kappa shape index (κ2) is 16.0. The van der Waals surface area contributed by atoms with Crippen LogP contribution in [0.4, 0.5) is 18.0 Å². The Morgan fingerprint density at radius 3 is 2.44 bits per heavy atom. The molecule has 2 aliphatic heterocycles. The van der Waals surface area contributed by atoms with Crippen LogP contribution in [0.25, 0.3) is 11.0 Å². The van der Waals surface area contributed by atoms with Crippen molar-refractivity contribution in [3.63, 3.8) is 0 Å². The number of amides is 4. The molecule has 2 aliphatic carbocycles. The van der Waals surface area contributed by atoms with Crippen molar-refractivity contribution in [1.29, 1.82) is 0 Å². The van der Waals surface area contributed by atoms with E-state index in [1.54, 1.807) is 26.8 Å². The number of pyridine rings is 1. The van der Waals surface area contributed by atoms with E-state index in [1.165, 1.54) is 20.1 Å². The lowest BCUT2D eigenvalue weighted by Gasteiger charge is -2.34. The number of carbonyl (C=O) groups excluding carboxylic acids is 4. The predicted octanol–water partition coefficient (Wildman–Crippen LogP) is 4.57. The highest BCUT2D eigenvalue weighted by atomic mass is 32.2. The molecule has 1 saturated heterocycles. The molecule has 4 aliphatic rings. The Labute approximate surface area is 340 Å². The zero-order valence-corrected chi connectivity index (χ0v) is 35.0. The molecule has 0 bridgehead atoms. The number of methoxy groups -OCH3 is 1. The van der Waals surface area contributed by atoms with Crippen LogP contribution in [0, 0.1) is 17.8 Å². The normalized spacial score (nSPS) is 29.2. The summed E-state index contributed by atoms with van der Waals surface area (Å²) in [5.41, 5.74) is -4.31. The molecule has 1 unspecified atom stereocenters. The van der Waals surface area contributed by atoms with E-state index in [2.05, 4.69) is 30.3 Å². The molecule has 2 saturated carbocycles. The molecule has 16 nitrogen and oxygen atoms in total. The summed E-state index contributed by atoms with van der Waals surface area (Å²) >= 11 is 0. The Bertz CT molecular complexity index is 2130. The number of halogens is 3. The first-order valence-electron chi connectivity index (χ1n) is 19.8. The molecule has 20 heteroatoms. The zero-order valence-electron chi connectivity index (χ0n) is 34.1. The van der Waals surface area contributed by atoms with E-state index in [1.807, 2.05) is 19.9 Å². The molecule has 4 amide bonds. The first-order chi connectivity index (χ1) is 27.5. The minimum Gasteiger partial charge on any atom is -0.481 e. The van der Waals surface area contributed by atoms with Gasteiger partial charge in [0.1, 0.15) is 34.8 Å². The molecule has 4 heterocycles. The van der Waals surface area contributed by atoms with Crippen molar-refractivity contribution in [3.8, 4) is 11.8 Å². The highest BCUT2D eigenvalue weighted by Gasteiger charge is 2.63. The summed E-state index contributed by atoms with van der Waals surface area (Å²) in [4.78, 5) is 69.6. The van der Waals surface area contributed by atoms with Crippen molar-refractivity contribution in [3.05, 3.63) is 30.1 Å². The fraction of sp³-hybridized carbons (Fsp3) is 0.667. The van der Waals surface area contributed by atoms with Crippen molar-refractivity contribution in [2.45, 2.75) is 133 Å². The quantitative estimate of drug-likeness (QED) is 0.312. The predicted molar refractivity (Wildman–Crippen MR) is 206 cm³/mol. The van der Waals surface area contributed by atoms with Crippen LogP contribution in [0.3, 0.4) is 0 Å². The van der Waals surface area contributed by atoms with Crippen LogP contribution < -0.4 is 24.8 Å². The average molecular weight is 852 g/mol. The fourth-order valence-corrected chi connectivity index (χ4v) is 9.02. The number of ether oxygens (including phenoxy) is 3. The third kappa shape index (κ3) is 9.51. The number of nitrogens with zero attached hydrogens (tertiary/aromatic N) is 4. The highest BCUT2D eigenvalue weighted by molar-refractivity contribution is 7.91. The van der Waals surface area contributed by atoms with Gasteiger partial charge < -0.3 is 29.7 Å². The van der Waals surface area contributed by atoms with Crippen LogP contribution in [0.2, 0.25) is 0 Å². The van der Waals surface area contributed by atoms with Crippen LogP contribution in [0.1, 0.15) is 98.6 Å². The van der Waals surface area contributed by atoms with Gasteiger partial charge in [-0.15, -0.1) is 0 Å². The van der Waals surface area contributed by atoms with Crippen molar-refractivity contribution in [2.75, 3.05) is 13.7 Å². The second-order valence-electron chi connectivity index (χ2n) is 17.4. The third-order valence-electron chi connectivity index (χ3n) is 11.5. The fourth-order valence-electron chi connectivity index (χ4n) is 7.71. The number of alkyl halides is 3. The van der Waals surface area contributed by atoms with Crippen LogP contribution in [-0.2, 0) is 35.3 Å². The first kappa shape index (κ1) is 43.8. The highest BCUT2D eigenvalue weighted by Crippen LogP contribution is 2.48. The van der Waals surface area contributed by atoms with Gasteiger partial charge in [-0.3, -0.25) is 19.1 Å². The topological polar surface area (TPSA) is 208 Å². The van der Waals surface area contributed by atoms with Crippen LogP contribution >= 0.6 is 0 Å². The van der Waals surface area contributed by atoms with Crippen LogP contribution in [0.15, 0.2) is 24.4 Å². The molecule has 3 N–H and O–H groups in total.